The minimum atomic E-state index is -1.82. The van der Waals surface area contributed by atoms with Crippen LogP contribution in [0.1, 0.15) is 22.3 Å². The van der Waals surface area contributed by atoms with Gasteiger partial charge >= 0.3 is 0 Å². The summed E-state index contributed by atoms with van der Waals surface area (Å²) in [5, 5.41) is 2.92. The molecule has 0 atom stereocenters. The second-order valence-corrected chi connectivity index (χ2v) is 11.1. The maximum atomic E-state index is 5.78. The highest BCUT2D eigenvalue weighted by atomic mass is 28.3. The summed E-state index contributed by atoms with van der Waals surface area (Å²) < 4.78 is 5.78. The van der Waals surface area contributed by atoms with Crippen molar-refractivity contribution in [1.29, 1.82) is 0 Å². The Morgan fingerprint density at radius 1 is 1.05 bits per heavy atom. The van der Waals surface area contributed by atoms with Crippen LogP contribution in [0.15, 0.2) is 36.4 Å². The Balaban J connectivity index is 2.23. The first-order chi connectivity index (χ1) is 10.4. The average Bonchev–Trinajstić information content (AvgIpc) is 2.94. The van der Waals surface area contributed by atoms with Gasteiger partial charge in [0.25, 0.3) is 0 Å². The topological polar surface area (TPSA) is 9.23 Å². The zero-order valence-electron chi connectivity index (χ0n) is 14.2. The van der Waals surface area contributed by atoms with Crippen LogP contribution in [0.25, 0.3) is 6.08 Å². The molecule has 1 aliphatic rings. The molecule has 0 heterocycles. The number of fused-ring (bicyclic) bond motifs is 1. The Morgan fingerprint density at radius 3 is 2.55 bits per heavy atom. The van der Waals surface area contributed by atoms with Crippen LogP contribution in [0.4, 0.5) is 0 Å². The normalized spacial score (nSPS) is 13.3. The first-order valence-electron chi connectivity index (χ1n) is 7.89. The molecular weight excluding hydrogens is 284 g/mol. The number of aryl methyl sites for hydroxylation is 2. The van der Waals surface area contributed by atoms with Gasteiger partial charge in [0, 0.05) is 0 Å². The third-order valence-corrected chi connectivity index (χ3v) is 8.29. The van der Waals surface area contributed by atoms with Crippen molar-refractivity contribution in [1.82, 2.24) is 0 Å². The minimum Gasteiger partial charge on any atom is -0.497 e. The molecule has 0 amide bonds. The number of allylic oxidation sites excluding steroid dienone is 1. The van der Waals surface area contributed by atoms with Crippen LogP contribution in [0.2, 0.25) is 13.1 Å². The molecule has 22 heavy (non-hydrogen) atoms. The highest BCUT2D eigenvalue weighted by Crippen LogP contribution is 2.24. The lowest BCUT2D eigenvalue weighted by Gasteiger charge is -2.29. The van der Waals surface area contributed by atoms with Crippen LogP contribution in [0.3, 0.4) is 0 Å². The van der Waals surface area contributed by atoms with Gasteiger partial charge in [-0.15, -0.1) is 0 Å². The summed E-state index contributed by atoms with van der Waals surface area (Å²) in [6, 6.07) is 11.3. The predicted octanol–water partition coefficient (Wildman–Crippen LogP) is 3.70. The van der Waals surface area contributed by atoms with Crippen LogP contribution in [-0.2, 0) is 6.42 Å². The molecule has 3 rings (SSSR count). The fourth-order valence-corrected chi connectivity index (χ4v) is 6.85. The number of hydrogen-bond donors (Lipinski definition) is 0. The third-order valence-electron chi connectivity index (χ3n) is 4.79. The standard InChI is InChI=1S/C20H24OSi/c1-14-12-15(2)20(21-3)19(13-14)22(4,5)18-11-7-9-16-8-6-10-17(16)18/h6-7,9-13H,8H2,1-5H3. The van der Waals surface area contributed by atoms with E-state index in [9.17, 15) is 0 Å². The number of rotatable bonds is 3. The largest absolute Gasteiger partial charge is 0.497 e. The third kappa shape index (κ3) is 2.32. The summed E-state index contributed by atoms with van der Waals surface area (Å²) in [5.41, 5.74) is 5.46. The van der Waals surface area contributed by atoms with Gasteiger partial charge in [0.1, 0.15) is 13.8 Å². The van der Waals surface area contributed by atoms with Crippen LogP contribution in [0.5, 0.6) is 5.75 Å². The molecular formula is C20H24OSi. The van der Waals surface area contributed by atoms with E-state index in [1.54, 1.807) is 7.11 Å². The second-order valence-electron chi connectivity index (χ2n) is 6.77. The fraction of sp³-hybridized carbons (Fsp3) is 0.300. The quantitative estimate of drug-likeness (QED) is 0.786. The zero-order chi connectivity index (χ0) is 15.9. The van der Waals surface area contributed by atoms with Gasteiger partial charge in [-0.1, -0.05) is 61.1 Å². The van der Waals surface area contributed by atoms with Gasteiger partial charge in [0.15, 0.2) is 0 Å². The Kier molecular flexibility index (Phi) is 3.73. The molecule has 1 aliphatic carbocycles. The van der Waals surface area contributed by atoms with Gasteiger partial charge in [0.05, 0.1) is 7.11 Å². The molecule has 0 saturated heterocycles. The minimum absolute atomic E-state index is 1.07. The van der Waals surface area contributed by atoms with Crippen molar-refractivity contribution in [2.24, 2.45) is 0 Å². The molecule has 2 aromatic carbocycles. The molecule has 0 aliphatic heterocycles. The molecule has 114 valence electrons. The van der Waals surface area contributed by atoms with E-state index < -0.39 is 8.07 Å². The first kappa shape index (κ1) is 15.1. The molecule has 2 aromatic rings. The Morgan fingerprint density at radius 2 is 1.82 bits per heavy atom. The molecule has 0 bridgehead atoms. The van der Waals surface area contributed by atoms with Gasteiger partial charge < -0.3 is 4.74 Å². The van der Waals surface area contributed by atoms with Gasteiger partial charge in [0.2, 0.25) is 0 Å². The second kappa shape index (κ2) is 5.44. The molecule has 0 radical (unpaired) electrons. The fourth-order valence-electron chi connectivity index (χ4n) is 3.67. The van der Waals surface area contributed by atoms with Crippen molar-refractivity contribution in [2.45, 2.75) is 33.4 Å². The molecule has 1 nitrogen and oxygen atoms in total. The van der Waals surface area contributed by atoms with Crippen molar-refractivity contribution >= 4 is 24.5 Å². The summed E-state index contributed by atoms with van der Waals surface area (Å²) in [5.74, 6) is 1.07. The summed E-state index contributed by atoms with van der Waals surface area (Å²) in [4.78, 5) is 0. The van der Waals surface area contributed by atoms with Gasteiger partial charge in [-0.05, 0) is 47.3 Å². The molecule has 0 spiro atoms. The van der Waals surface area contributed by atoms with Crippen molar-refractivity contribution < 1.29 is 4.74 Å². The van der Waals surface area contributed by atoms with E-state index in [0.717, 1.165) is 12.2 Å². The highest BCUT2D eigenvalue weighted by molar-refractivity contribution is 7.01. The lowest BCUT2D eigenvalue weighted by Crippen LogP contribution is -2.54. The van der Waals surface area contributed by atoms with Gasteiger partial charge in [-0.2, -0.15) is 0 Å². The zero-order valence-corrected chi connectivity index (χ0v) is 15.2. The summed E-state index contributed by atoms with van der Waals surface area (Å²) in [7, 11) is -0.0244. The number of hydrogen-bond acceptors (Lipinski definition) is 1. The Hall–Kier alpha value is -1.80. The molecule has 0 fully saturated rings. The van der Waals surface area contributed by atoms with Gasteiger partial charge in [-0.25, -0.2) is 0 Å². The van der Waals surface area contributed by atoms with Crippen LogP contribution < -0.4 is 15.1 Å². The Bertz CT molecular complexity index is 757. The lowest BCUT2D eigenvalue weighted by molar-refractivity contribution is 0.415. The van der Waals surface area contributed by atoms with E-state index in [1.807, 2.05) is 0 Å². The molecule has 0 unspecified atom stereocenters. The number of ether oxygens (including phenoxy) is 1. The first-order valence-corrected chi connectivity index (χ1v) is 10.9. The summed E-state index contributed by atoms with van der Waals surface area (Å²) in [6.07, 6.45) is 5.64. The maximum absolute atomic E-state index is 5.78. The smallest absolute Gasteiger partial charge is 0.121 e. The molecule has 2 heteroatoms. The van der Waals surface area contributed by atoms with Gasteiger partial charge in [-0.3, -0.25) is 0 Å². The van der Waals surface area contributed by atoms with E-state index in [0.29, 0.717) is 0 Å². The van der Waals surface area contributed by atoms with E-state index in [2.05, 4.69) is 69.4 Å². The number of methoxy groups -OCH3 is 1. The van der Waals surface area contributed by atoms with Crippen molar-refractivity contribution in [3.8, 4) is 5.75 Å². The lowest BCUT2D eigenvalue weighted by atomic mass is 10.1. The molecule has 0 N–H and O–H groups in total. The van der Waals surface area contributed by atoms with Crippen LogP contribution in [0, 0.1) is 13.8 Å². The monoisotopic (exact) mass is 308 g/mol. The predicted molar refractivity (Wildman–Crippen MR) is 98.4 cm³/mol. The maximum Gasteiger partial charge on any atom is 0.121 e. The van der Waals surface area contributed by atoms with E-state index in [4.69, 9.17) is 4.74 Å². The van der Waals surface area contributed by atoms with E-state index in [1.165, 1.54) is 32.6 Å². The Labute approximate surface area is 134 Å². The SMILES string of the molecule is COc1c(C)cc(C)cc1[Si](C)(C)c1cccc2c1C=CC2. The molecule has 0 saturated carbocycles. The summed E-state index contributed by atoms with van der Waals surface area (Å²) in [6.45, 7) is 9.20. The van der Waals surface area contributed by atoms with Crippen molar-refractivity contribution in [3.05, 3.63) is 58.7 Å². The number of benzene rings is 2. The van der Waals surface area contributed by atoms with Crippen molar-refractivity contribution in [2.75, 3.05) is 7.11 Å². The average molecular weight is 308 g/mol. The van der Waals surface area contributed by atoms with E-state index >= 15 is 0 Å². The van der Waals surface area contributed by atoms with E-state index in [-0.39, 0.29) is 0 Å². The highest BCUT2D eigenvalue weighted by Gasteiger charge is 2.32. The van der Waals surface area contributed by atoms with Crippen molar-refractivity contribution in [3.63, 3.8) is 0 Å². The summed E-state index contributed by atoms with van der Waals surface area (Å²) >= 11 is 0. The van der Waals surface area contributed by atoms with Crippen LogP contribution in [-0.4, -0.2) is 15.2 Å². The van der Waals surface area contributed by atoms with Crippen LogP contribution >= 0.6 is 0 Å². The molecule has 0 aromatic heterocycles.